The summed E-state index contributed by atoms with van der Waals surface area (Å²) in [7, 11) is 0. The van der Waals surface area contributed by atoms with E-state index in [1.807, 2.05) is 18.2 Å². The van der Waals surface area contributed by atoms with Crippen molar-refractivity contribution in [3.8, 4) is 0 Å². The van der Waals surface area contributed by atoms with Crippen molar-refractivity contribution < 1.29 is 9.59 Å². The van der Waals surface area contributed by atoms with E-state index < -0.39 is 6.04 Å². The number of hydrogen-bond donors (Lipinski definition) is 1. The van der Waals surface area contributed by atoms with Gasteiger partial charge in [-0.1, -0.05) is 78.3 Å². The summed E-state index contributed by atoms with van der Waals surface area (Å²) in [6.07, 6.45) is 5.47. The summed E-state index contributed by atoms with van der Waals surface area (Å²) >= 11 is 19.0. The highest BCUT2D eigenvalue weighted by Gasteiger charge is 2.29. The number of benzene rings is 2. The molecule has 0 aromatic heterocycles. The number of nitrogens with one attached hydrogen (secondary N) is 1. The Balaban J connectivity index is 1.82. The fraction of sp³-hybridized carbons (Fsp3) is 0.417. The van der Waals surface area contributed by atoms with Crippen molar-refractivity contribution in [3.63, 3.8) is 0 Å². The van der Waals surface area contributed by atoms with Gasteiger partial charge in [-0.3, -0.25) is 9.59 Å². The van der Waals surface area contributed by atoms with E-state index in [0.717, 1.165) is 25.7 Å². The van der Waals surface area contributed by atoms with Gasteiger partial charge in [0.1, 0.15) is 6.04 Å². The summed E-state index contributed by atoms with van der Waals surface area (Å²) in [6, 6.07) is 11.9. The topological polar surface area (TPSA) is 49.4 Å². The van der Waals surface area contributed by atoms with Crippen LogP contribution in [-0.4, -0.2) is 28.8 Å². The van der Waals surface area contributed by atoms with Crippen molar-refractivity contribution in [3.05, 3.63) is 68.7 Å². The molecule has 0 aliphatic heterocycles. The molecule has 1 saturated carbocycles. The molecule has 31 heavy (non-hydrogen) atoms. The first-order valence-electron chi connectivity index (χ1n) is 10.6. The Morgan fingerprint density at radius 3 is 2.23 bits per heavy atom. The number of amides is 2. The molecule has 1 aliphatic carbocycles. The molecule has 0 heterocycles. The molecule has 2 amide bonds. The minimum Gasteiger partial charge on any atom is -0.352 e. The highest BCUT2D eigenvalue weighted by Crippen LogP contribution is 2.27. The van der Waals surface area contributed by atoms with Crippen molar-refractivity contribution in [1.82, 2.24) is 10.2 Å². The SMILES string of the molecule is C[C@H](C(=O)NC1CCCCC1)N(Cc1c(Cl)cccc1Cl)C(=O)Cc1ccccc1Cl. The Kier molecular flexibility index (Phi) is 8.65. The number of hydrogen-bond acceptors (Lipinski definition) is 2. The van der Waals surface area contributed by atoms with Crippen molar-refractivity contribution in [1.29, 1.82) is 0 Å². The second-order valence-electron chi connectivity index (χ2n) is 8.01. The molecular weight excluding hydrogens is 455 g/mol. The quantitative estimate of drug-likeness (QED) is 0.523. The summed E-state index contributed by atoms with van der Waals surface area (Å²) < 4.78 is 0. The monoisotopic (exact) mass is 480 g/mol. The Labute approximate surface area is 198 Å². The molecule has 1 aliphatic rings. The molecule has 7 heteroatoms. The van der Waals surface area contributed by atoms with Crippen LogP contribution in [0.25, 0.3) is 0 Å². The van der Waals surface area contributed by atoms with Gasteiger partial charge in [-0.15, -0.1) is 0 Å². The van der Waals surface area contributed by atoms with Crippen molar-refractivity contribution >= 4 is 46.6 Å². The Bertz CT molecular complexity index is 909. The first-order chi connectivity index (χ1) is 14.9. The fourth-order valence-corrected chi connectivity index (χ4v) is 4.63. The molecule has 3 rings (SSSR count). The fourth-order valence-electron chi connectivity index (χ4n) is 3.91. The van der Waals surface area contributed by atoms with Gasteiger partial charge in [0.15, 0.2) is 0 Å². The van der Waals surface area contributed by atoms with Gasteiger partial charge in [0, 0.05) is 33.2 Å². The van der Waals surface area contributed by atoms with Crippen LogP contribution in [0.1, 0.15) is 50.2 Å². The normalized spacial score (nSPS) is 15.4. The molecule has 2 aromatic carbocycles. The molecule has 2 aromatic rings. The summed E-state index contributed by atoms with van der Waals surface area (Å²) in [5.74, 6) is -0.377. The summed E-state index contributed by atoms with van der Waals surface area (Å²) in [5, 5.41) is 4.56. The molecule has 0 unspecified atom stereocenters. The first kappa shape index (κ1) is 23.9. The Morgan fingerprint density at radius 2 is 1.58 bits per heavy atom. The smallest absolute Gasteiger partial charge is 0.242 e. The zero-order valence-electron chi connectivity index (χ0n) is 17.5. The summed E-state index contributed by atoms with van der Waals surface area (Å²) in [4.78, 5) is 27.9. The van der Waals surface area contributed by atoms with E-state index in [9.17, 15) is 9.59 Å². The third-order valence-corrected chi connectivity index (χ3v) is 6.89. The van der Waals surface area contributed by atoms with Crippen LogP contribution in [-0.2, 0) is 22.6 Å². The van der Waals surface area contributed by atoms with Gasteiger partial charge in [0.25, 0.3) is 0 Å². The lowest BCUT2D eigenvalue weighted by Crippen LogP contribution is -2.50. The van der Waals surface area contributed by atoms with E-state index >= 15 is 0 Å². The third-order valence-electron chi connectivity index (χ3n) is 5.81. The number of carbonyl (C=O) groups excluding carboxylic acids is 2. The average Bonchev–Trinajstić information content (AvgIpc) is 2.75. The van der Waals surface area contributed by atoms with Crippen LogP contribution in [0.2, 0.25) is 15.1 Å². The predicted molar refractivity (Wildman–Crippen MR) is 127 cm³/mol. The lowest BCUT2D eigenvalue weighted by Gasteiger charge is -2.31. The molecule has 0 spiro atoms. The highest BCUT2D eigenvalue weighted by atomic mass is 35.5. The standard InChI is InChI=1S/C24H27Cl3N2O2/c1-16(24(31)28-18-9-3-2-4-10-18)29(15-19-21(26)12-7-13-22(19)27)23(30)14-17-8-5-6-11-20(17)25/h5-8,11-13,16,18H,2-4,9-10,14-15H2,1H3,(H,28,31)/t16-/m1/s1. The third kappa shape index (κ3) is 6.38. The molecule has 1 N–H and O–H groups in total. The van der Waals surface area contributed by atoms with E-state index in [1.165, 1.54) is 11.3 Å². The van der Waals surface area contributed by atoms with Crippen molar-refractivity contribution in [2.45, 2.75) is 64.1 Å². The lowest BCUT2D eigenvalue weighted by atomic mass is 9.95. The minimum absolute atomic E-state index is 0.0861. The number of carbonyl (C=O) groups is 2. The Morgan fingerprint density at radius 1 is 0.968 bits per heavy atom. The van der Waals surface area contributed by atoms with Crippen LogP contribution in [0, 0.1) is 0 Å². The minimum atomic E-state index is -0.677. The summed E-state index contributed by atoms with van der Waals surface area (Å²) in [5.41, 5.74) is 1.33. The van der Waals surface area contributed by atoms with Gasteiger partial charge >= 0.3 is 0 Å². The molecule has 1 fully saturated rings. The first-order valence-corrected chi connectivity index (χ1v) is 11.8. The zero-order chi connectivity index (χ0) is 22.4. The molecule has 0 saturated heterocycles. The second kappa shape index (κ2) is 11.2. The van der Waals surface area contributed by atoms with Gasteiger partial charge in [0.2, 0.25) is 11.8 Å². The number of halogens is 3. The van der Waals surface area contributed by atoms with E-state index in [0.29, 0.717) is 26.2 Å². The van der Waals surface area contributed by atoms with E-state index in [-0.39, 0.29) is 30.8 Å². The summed E-state index contributed by atoms with van der Waals surface area (Å²) in [6.45, 7) is 1.88. The van der Waals surface area contributed by atoms with Crippen LogP contribution >= 0.6 is 34.8 Å². The van der Waals surface area contributed by atoms with Gasteiger partial charge in [-0.2, -0.15) is 0 Å². The molecular formula is C24H27Cl3N2O2. The van der Waals surface area contributed by atoms with Crippen LogP contribution in [0.4, 0.5) is 0 Å². The maximum Gasteiger partial charge on any atom is 0.242 e. The maximum absolute atomic E-state index is 13.3. The molecule has 0 radical (unpaired) electrons. The number of rotatable bonds is 7. The maximum atomic E-state index is 13.3. The Hall–Kier alpha value is -1.75. The van der Waals surface area contributed by atoms with E-state index in [1.54, 1.807) is 31.2 Å². The van der Waals surface area contributed by atoms with E-state index in [4.69, 9.17) is 34.8 Å². The molecule has 0 bridgehead atoms. The zero-order valence-corrected chi connectivity index (χ0v) is 19.8. The van der Waals surface area contributed by atoms with Gasteiger partial charge in [-0.25, -0.2) is 0 Å². The van der Waals surface area contributed by atoms with Crippen LogP contribution in [0.3, 0.4) is 0 Å². The van der Waals surface area contributed by atoms with Crippen molar-refractivity contribution in [2.24, 2.45) is 0 Å². The van der Waals surface area contributed by atoms with Gasteiger partial charge < -0.3 is 10.2 Å². The van der Waals surface area contributed by atoms with Crippen LogP contribution < -0.4 is 5.32 Å². The second-order valence-corrected chi connectivity index (χ2v) is 9.23. The van der Waals surface area contributed by atoms with Crippen LogP contribution in [0.15, 0.2) is 42.5 Å². The van der Waals surface area contributed by atoms with Crippen molar-refractivity contribution in [2.75, 3.05) is 0 Å². The largest absolute Gasteiger partial charge is 0.352 e. The van der Waals surface area contributed by atoms with Crippen LogP contribution in [0.5, 0.6) is 0 Å². The predicted octanol–water partition coefficient (Wildman–Crippen LogP) is 6.06. The van der Waals surface area contributed by atoms with Gasteiger partial charge in [-0.05, 0) is 43.5 Å². The van der Waals surface area contributed by atoms with Gasteiger partial charge in [0.05, 0.1) is 6.42 Å². The van der Waals surface area contributed by atoms with E-state index in [2.05, 4.69) is 5.32 Å². The number of nitrogens with zero attached hydrogens (tertiary/aromatic N) is 1. The molecule has 1 atom stereocenters. The highest BCUT2D eigenvalue weighted by molar-refractivity contribution is 6.36. The lowest BCUT2D eigenvalue weighted by molar-refractivity contribution is -0.140. The average molecular weight is 482 g/mol. The molecule has 166 valence electrons. The molecule has 4 nitrogen and oxygen atoms in total.